The Bertz CT molecular complexity index is 591. The average Bonchev–Trinajstić information content (AvgIpc) is 2.73. The van der Waals surface area contributed by atoms with Crippen molar-refractivity contribution in [2.45, 2.75) is 20.4 Å². The Morgan fingerprint density at radius 3 is 2.63 bits per heavy atom. The minimum absolute atomic E-state index is 0.175. The fourth-order valence-corrected chi connectivity index (χ4v) is 1.89. The average molecular weight is 259 g/mol. The van der Waals surface area contributed by atoms with E-state index in [0.29, 0.717) is 23.6 Å². The summed E-state index contributed by atoms with van der Waals surface area (Å²) in [6.45, 7) is 4.32. The molecule has 1 amide bonds. The number of amides is 1. The lowest BCUT2D eigenvalue weighted by Gasteiger charge is -2.17. The van der Waals surface area contributed by atoms with E-state index >= 15 is 0 Å². The van der Waals surface area contributed by atoms with E-state index in [1.165, 1.54) is 0 Å². The molecule has 0 spiro atoms. The molecule has 0 unspecified atom stereocenters. The van der Waals surface area contributed by atoms with Crippen molar-refractivity contribution in [1.82, 2.24) is 14.8 Å². The number of hydrogen-bond acceptors (Lipinski definition) is 4. The van der Waals surface area contributed by atoms with Gasteiger partial charge in [0.15, 0.2) is 0 Å². The maximum absolute atomic E-state index is 12.5. The lowest BCUT2D eigenvalue weighted by molar-refractivity contribution is 0.0983. The van der Waals surface area contributed by atoms with Gasteiger partial charge in [-0.25, -0.2) is 0 Å². The SMILES string of the molecule is CCn1nc(C)c(N)c1C(=O)N(C)c1ccncc1. The normalized spacial score (nSPS) is 10.5. The van der Waals surface area contributed by atoms with Crippen LogP contribution in [-0.4, -0.2) is 27.7 Å². The van der Waals surface area contributed by atoms with Crippen LogP contribution in [0, 0.1) is 6.92 Å². The molecule has 0 aliphatic carbocycles. The number of nitrogens with two attached hydrogens (primary N) is 1. The monoisotopic (exact) mass is 259 g/mol. The van der Waals surface area contributed by atoms with E-state index in [9.17, 15) is 4.79 Å². The van der Waals surface area contributed by atoms with Crippen molar-refractivity contribution in [2.75, 3.05) is 17.7 Å². The Balaban J connectivity index is 2.40. The summed E-state index contributed by atoms with van der Waals surface area (Å²) >= 11 is 0. The van der Waals surface area contributed by atoms with Gasteiger partial charge in [0.1, 0.15) is 5.69 Å². The molecule has 0 radical (unpaired) electrons. The number of rotatable bonds is 3. The van der Waals surface area contributed by atoms with Crippen LogP contribution in [0.25, 0.3) is 0 Å². The predicted octanol–water partition coefficient (Wildman–Crippen LogP) is 1.47. The van der Waals surface area contributed by atoms with Gasteiger partial charge in [0, 0.05) is 31.7 Å². The van der Waals surface area contributed by atoms with Crippen molar-refractivity contribution < 1.29 is 4.79 Å². The molecule has 0 aliphatic rings. The van der Waals surface area contributed by atoms with Crippen molar-refractivity contribution in [3.63, 3.8) is 0 Å². The summed E-state index contributed by atoms with van der Waals surface area (Å²) in [4.78, 5) is 18.0. The predicted molar refractivity (Wildman–Crippen MR) is 74.0 cm³/mol. The molecule has 6 heteroatoms. The largest absolute Gasteiger partial charge is 0.395 e. The summed E-state index contributed by atoms with van der Waals surface area (Å²) < 4.78 is 1.63. The molecule has 2 aromatic rings. The minimum Gasteiger partial charge on any atom is -0.395 e. The summed E-state index contributed by atoms with van der Waals surface area (Å²) in [5.41, 5.74) is 8.26. The van der Waals surface area contributed by atoms with Crippen molar-refractivity contribution in [1.29, 1.82) is 0 Å². The van der Waals surface area contributed by atoms with Crippen LogP contribution in [0.5, 0.6) is 0 Å². The first-order chi connectivity index (χ1) is 9.06. The zero-order chi connectivity index (χ0) is 14.0. The fraction of sp³-hybridized carbons (Fsp3) is 0.308. The van der Waals surface area contributed by atoms with Crippen molar-refractivity contribution >= 4 is 17.3 Å². The van der Waals surface area contributed by atoms with Crippen molar-refractivity contribution in [2.24, 2.45) is 0 Å². The fourth-order valence-electron chi connectivity index (χ4n) is 1.89. The molecule has 0 atom stereocenters. The Morgan fingerprint density at radius 1 is 1.42 bits per heavy atom. The smallest absolute Gasteiger partial charge is 0.278 e. The highest BCUT2D eigenvalue weighted by Crippen LogP contribution is 2.21. The third-order valence-corrected chi connectivity index (χ3v) is 3.03. The molecule has 0 aromatic carbocycles. The van der Waals surface area contributed by atoms with E-state index in [-0.39, 0.29) is 5.91 Å². The van der Waals surface area contributed by atoms with Crippen LogP contribution >= 0.6 is 0 Å². The van der Waals surface area contributed by atoms with Crippen LogP contribution in [0.3, 0.4) is 0 Å². The highest BCUT2D eigenvalue weighted by atomic mass is 16.2. The lowest BCUT2D eigenvalue weighted by atomic mass is 10.2. The standard InChI is InChI=1S/C13H17N5O/c1-4-18-12(11(14)9(2)16-18)13(19)17(3)10-5-7-15-8-6-10/h5-8H,4,14H2,1-3H3. The van der Waals surface area contributed by atoms with Crippen molar-refractivity contribution in [3.8, 4) is 0 Å². The van der Waals surface area contributed by atoms with Crippen LogP contribution in [-0.2, 0) is 6.54 Å². The number of aryl methyl sites for hydroxylation is 2. The number of aromatic nitrogens is 3. The van der Waals surface area contributed by atoms with Crippen molar-refractivity contribution in [3.05, 3.63) is 35.9 Å². The molecule has 0 fully saturated rings. The number of carbonyl (C=O) groups is 1. The minimum atomic E-state index is -0.175. The lowest BCUT2D eigenvalue weighted by Crippen LogP contribution is -2.29. The van der Waals surface area contributed by atoms with E-state index in [1.807, 2.05) is 6.92 Å². The van der Waals surface area contributed by atoms with Crippen LogP contribution in [0.1, 0.15) is 23.1 Å². The van der Waals surface area contributed by atoms with Gasteiger partial charge >= 0.3 is 0 Å². The highest BCUT2D eigenvalue weighted by molar-refractivity contribution is 6.08. The summed E-state index contributed by atoms with van der Waals surface area (Å²) in [5.74, 6) is -0.175. The van der Waals surface area contributed by atoms with E-state index < -0.39 is 0 Å². The quantitative estimate of drug-likeness (QED) is 0.905. The maximum Gasteiger partial charge on any atom is 0.278 e. The Hall–Kier alpha value is -2.37. The Kier molecular flexibility index (Phi) is 3.50. The first-order valence-electron chi connectivity index (χ1n) is 6.07. The van der Waals surface area contributed by atoms with Crippen LogP contribution < -0.4 is 10.6 Å². The molecule has 0 aliphatic heterocycles. The molecule has 2 rings (SSSR count). The van der Waals surface area contributed by atoms with Gasteiger partial charge in [-0.2, -0.15) is 5.10 Å². The topological polar surface area (TPSA) is 77.0 Å². The number of pyridine rings is 1. The molecule has 2 heterocycles. The molecule has 19 heavy (non-hydrogen) atoms. The molecule has 0 saturated carbocycles. The highest BCUT2D eigenvalue weighted by Gasteiger charge is 2.22. The van der Waals surface area contributed by atoms with Crippen LogP contribution in [0.2, 0.25) is 0 Å². The Labute approximate surface area is 111 Å². The number of anilines is 2. The van der Waals surface area contributed by atoms with Gasteiger partial charge in [0.05, 0.1) is 11.4 Å². The second-order valence-electron chi connectivity index (χ2n) is 4.23. The van der Waals surface area contributed by atoms with Gasteiger partial charge in [0.2, 0.25) is 0 Å². The second-order valence-corrected chi connectivity index (χ2v) is 4.23. The number of hydrogen-bond donors (Lipinski definition) is 1. The first kappa shape index (κ1) is 13.1. The van der Waals surface area contributed by atoms with Gasteiger partial charge < -0.3 is 10.6 Å². The second kappa shape index (κ2) is 5.09. The molecule has 2 aromatic heterocycles. The van der Waals surface area contributed by atoms with E-state index in [2.05, 4.69) is 10.1 Å². The summed E-state index contributed by atoms with van der Waals surface area (Å²) in [6.07, 6.45) is 3.29. The van der Waals surface area contributed by atoms with E-state index in [4.69, 9.17) is 5.73 Å². The molecule has 6 nitrogen and oxygen atoms in total. The summed E-state index contributed by atoms with van der Waals surface area (Å²) in [5, 5.41) is 4.26. The molecule has 100 valence electrons. The zero-order valence-electron chi connectivity index (χ0n) is 11.3. The van der Waals surface area contributed by atoms with Crippen LogP contribution in [0.15, 0.2) is 24.5 Å². The van der Waals surface area contributed by atoms with Gasteiger partial charge in [-0.1, -0.05) is 0 Å². The first-order valence-corrected chi connectivity index (χ1v) is 6.07. The molecule has 0 bridgehead atoms. The summed E-state index contributed by atoms with van der Waals surface area (Å²) in [6, 6.07) is 3.54. The number of nitrogen functional groups attached to an aromatic ring is 1. The van der Waals surface area contributed by atoms with Gasteiger partial charge in [-0.3, -0.25) is 14.5 Å². The molecular weight excluding hydrogens is 242 g/mol. The van der Waals surface area contributed by atoms with E-state index in [1.54, 1.807) is 48.1 Å². The number of nitrogens with zero attached hydrogens (tertiary/aromatic N) is 4. The Morgan fingerprint density at radius 2 is 2.05 bits per heavy atom. The zero-order valence-corrected chi connectivity index (χ0v) is 11.3. The van der Waals surface area contributed by atoms with Gasteiger partial charge in [0.25, 0.3) is 5.91 Å². The third kappa shape index (κ3) is 2.29. The molecule has 0 saturated heterocycles. The summed E-state index contributed by atoms with van der Waals surface area (Å²) in [7, 11) is 1.71. The number of carbonyl (C=O) groups excluding carboxylic acids is 1. The van der Waals surface area contributed by atoms with E-state index in [0.717, 1.165) is 5.69 Å². The third-order valence-electron chi connectivity index (χ3n) is 3.03. The maximum atomic E-state index is 12.5. The van der Waals surface area contributed by atoms with Crippen LogP contribution in [0.4, 0.5) is 11.4 Å². The van der Waals surface area contributed by atoms with Gasteiger partial charge in [-0.05, 0) is 26.0 Å². The van der Waals surface area contributed by atoms with Gasteiger partial charge in [-0.15, -0.1) is 0 Å². The molecular formula is C13H17N5O. The molecule has 2 N–H and O–H groups in total.